The lowest BCUT2D eigenvalue weighted by Crippen LogP contribution is -2.16. The van der Waals surface area contributed by atoms with Crippen LogP contribution in [-0.4, -0.2) is 36.9 Å². The molecular formula is C14H21NO4. The van der Waals surface area contributed by atoms with E-state index >= 15 is 0 Å². The summed E-state index contributed by atoms with van der Waals surface area (Å²) in [6.45, 7) is 7.56. The van der Waals surface area contributed by atoms with E-state index in [0.29, 0.717) is 32.1 Å². The van der Waals surface area contributed by atoms with Crippen LogP contribution in [0, 0.1) is 0 Å². The summed E-state index contributed by atoms with van der Waals surface area (Å²) >= 11 is 0. The maximum absolute atomic E-state index is 11.8. The van der Waals surface area contributed by atoms with Crippen LogP contribution in [0.1, 0.15) is 36.8 Å². The van der Waals surface area contributed by atoms with Crippen LogP contribution in [0.15, 0.2) is 18.3 Å². The normalized spacial score (nSPS) is 10.7. The molecule has 0 aliphatic carbocycles. The van der Waals surface area contributed by atoms with Gasteiger partial charge in [0.15, 0.2) is 5.69 Å². The highest BCUT2D eigenvalue weighted by Gasteiger charge is 2.15. The average Bonchev–Trinajstić information content (AvgIpc) is 2.38. The summed E-state index contributed by atoms with van der Waals surface area (Å²) in [6, 6.07) is 3.58. The number of aromatic nitrogens is 1. The number of ether oxygens (including phenoxy) is 3. The molecule has 0 bridgehead atoms. The zero-order valence-electron chi connectivity index (χ0n) is 11.7. The fourth-order valence-corrected chi connectivity index (χ4v) is 1.45. The minimum atomic E-state index is -0.418. The molecule has 1 heterocycles. The van der Waals surface area contributed by atoms with Crippen molar-refractivity contribution in [3.05, 3.63) is 29.6 Å². The number of rotatable bonds is 8. The smallest absolute Gasteiger partial charge is 0.357 e. The van der Waals surface area contributed by atoms with Crippen molar-refractivity contribution in [1.82, 2.24) is 4.98 Å². The molecule has 5 heteroatoms. The van der Waals surface area contributed by atoms with Gasteiger partial charge >= 0.3 is 5.97 Å². The monoisotopic (exact) mass is 267 g/mol. The molecule has 0 unspecified atom stereocenters. The lowest BCUT2D eigenvalue weighted by atomic mass is 10.2. The predicted octanol–water partition coefficient (Wildman–Crippen LogP) is 2.20. The molecule has 5 nitrogen and oxygen atoms in total. The molecule has 0 aliphatic rings. The highest BCUT2D eigenvalue weighted by molar-refractivity contribution is 5.88. The molecule has 0 radical (unpaired) electrons. The molecule has 0 amide bonds. The topological polar surface area (TPSA) is 57.7 Å². The second-order valence-electron chi connectivity index (χ2n) is 4.21. The summed E-state index contributed by atoms with van der Waals surface area (Å²) in [5, 5.41) is 0. The van der Waals surface area contributed by atoms with Gasteiger partial charge in [0.1, 0.15) is 0 Å². The molecule has 0 aromatic carbocycles. The fourth-order valence-electron chi connectivity index (χ4n) is 1.45. The van der Waals surface area contributed by atoms with Crippen LogP contribution in [-0.2, 0) is 20.8 Å². The van der Waals surface area contributed by atoms with Crippen molar-refractivity contribution in [1.29, 1.82) is 0 Å². The van der Waals surface area contributed by atoms with Gasteiger partial charge in [0.05, 0.1) is 25.9 Å². The second-order valence-corrected chi connectivity index (χ2v) is 4.21. The van der Waals surface area contributed by atoms with E-state index in [9.17, 15) is 4.79 Å². The summed E-state index contributed by atoms with van der Waals surface area (Å²) in [6.07, 6.45) is 1.40. The second kappa shape index (κ2) is 8.61. The summed E-state index contributed by atoms with van der Waals surface area (Å²) in [4.78, 5) is 15.9. The van der Waals surface area contributed by atoms with Crippen LogP contribution < -0.4 is 0 Å². The molecule has 1 aromatic heterocycles. The number of nitrogens with zero attached hydrogens (tertiary/aromatic N) is 1. The van der Waals surface area contributed by atoms with Crippen LogP contribution in [0.4, 0.5) is 0 Å². The number of esters is 1. The summed E-state index contributed by atoms with van der Waals surface area (Å²) < 4.78 is 15.8. The van der Waals surface area contributed by atoms with Gasteiger partial charge in [-0.1, -0.05) is 6.07 Å². The Bertz CT molecular complexity index is 393. The van der Waals surface area contributed by atoms with E-state index in [0.717, 1.165) is 5.56 Å². The molecule has 0 spiro atoms. The molecular weight excluding hydrogens is 246 g/mol. The first-order valence-electron chi connectivity index (χ1n) is 6.45. The molecule has 1 aromatic rings. The van der Waals surface area contributed by atoms with Gasteiger partial charge in [-0.05, 0) is 26.8 Å². The standard InChI is InChI=1S/C14H21NO4/c1-4-17-8-9-18-10-12-6-5-7-15-13(12)14(16)19-11(2)3/h5-7,11H,4,8-10H2,1-3H3. The van der Waals surface area contributed by atoms with Crippen LogP contribution in [0.2, 0.25) is 0 Å². The number of hydrogen-bond donors (Lipinski definition) is 0. The minimum absolute atomic E-state index is 0.166. The number of carbonyl (C=O) groups excluding carboxylic acids is 1. The quantitative estimate of drug-likeness (QED) is 0.534. The lowest BCUT2D eigenvalue weighted by molar-refractivity contribution is 0.0343. The van der Waals surface area contributed by atoms with Crippen LogP contribution in [0.3, 0.4) is 0 Å². The summed E-state index contributed by atoms with van der Waals surface area (Å²) in [5.74, 6) is -0.418. The third-order valence-corrected chi connectivity index (χ3v) is 2.26. The SMILES string of the molecule is CCOCCOCc1cccnc1C(=O)OC(C)C. The van der Waals surface area contributed by atoms with E-state index in [-0.39, 0.29) is 6.10 Å². The van der Waals surface area contributed by atoms with Crippen molar-refractivity contribution in [3.63, 3.8) is 0 Å². The molecule has 0 saturated carbocycles. The Balaban J connectivity index is 2.55. The minimum Gasteiger partial charge on any atom is -0.458 e. The highest BCUT2D eigenvalue weighted by Crippen LogP contribution is 2.09. The Morgan fingerprint density at radius 2 is 2.05 bits per heavy atom. The molecule has 0 N–H and O–H groups in total. The first-order valence-corrected chi connectivity index (χ1v) is 6.45. The molecule has 0 fully saturated rings. The molecule has 106 valence electrons. The largest absolute Gasteiger partial charge is 0.458 e. The fraction of sp³-hybridized carbons (Fsp3) is 0.571. The maximum Gasteiger partial charge on any atom is 0.357 e. The van der Waals surface area contributed by atoms with Crippen molar-refractivity contribution in [3.8, 4) is 0 Å². The van der Waals surface area contributed by atoms with E-state index < -0.39 is 5.97 Å². The van der Waals surface area contributed by atoms with E-state index in [1.54, 1.807) is 26.1 Å². The number of pyridine rings is 1. The summed E-state index contributed by atoms with van der Waals surface area (Å²) in [5.41, 5.74) is 1.04. The van der Waals surface area contributed by atoms with Gasteiger partial charge in [-0.25, -0.2) is 9.78 Å². The van der Waals surface area contributed by atoms with Crippen LogP contribution in [0.5, 0.6) is 0 Å². The van der Waals surface area contributed by atoms with Crippen molar-refractivity contribution in [2.45, 2.75) is 33.5 Å². The number of carbonyl (C=O) groups is 1. The third kappa shape index (κ3) is 5.81. The van der Waals surface area contributed by atoms with E-state index in [2.05, 4.69) is 4.98 Å². The van der Waals surface area contributed by atoms with Gasteiger partial charge in [-0.15, -0.1) is 0 Å². The Labute approximate surface area is 113 Å². The third-order valence-electron chi connectivity index (χ3n) is 2.26. The van der Waals surface area contributed by atoms with Gasteiger partial charge < -0.3 is 14.2 Å². The summed E-state index contributed by atoms with van der Waals surface area (Å²) in [7, 11) is 0. The Kier molecular flexibility index (Phi) is 7.07. The van der Waals surface area contributed by atoms with E-state index in [4.69, 9.17) is 14.2 Å². The van der Waals surface area contributed by atoms with Crippen LogP contribution in [0.25, 0.3) is 0 Å². The zero-order valence-corrected chi connectivity index (χ0v) is 11.7. The van der Waals surface area contributed by atoms with Gasteiger partial charge in [-0.3, -0.25) is 0 Å². The van der Waals surface area contributed by atoms with Gasteiger partial charge in [0, 0.05) is 18.4 Å². The zero-order chi connectivity index (χ0) is 14.1. The van der Waals surface area contributed by atoms with Gasteiger partial charge in [0.25, 0.3) is 0 Å². The van der Waals surface area contributed by atoms with Gasteiger partial charge in [0.2, 0.25) is 0 Å². The van der Waals surface area contributed by atoms with E-state index in [1.165, 1.54) is 0 Å². The van der Waals surface area contributed by atoms with Gasteiger partial charge in [-0.2, -0.15) is 0 Å². The van der Waals surface area contributed by atoms with Crippen molar-refractivity contribution in [2.75, 3.05) is 19.8 Å². The predicted molar refractivity (Wildman–Crippen MR) is 70.9 cm³/mol. The molecule has 0 saturated heterocycles. The Hall–Kier alpha value is -1.46. The molecule has 0 atom stereocenters. The average molecular weight is 267 g/mol. The maximum atomic E-state index is 11.8. The highest BCUT2D eigenvalue weighted by atomic mass is 16.5. The number of hydrogen-bond acceptors (Lipinski definition) is 5. The van der Waals surface area contributed by atoms with Crippen molar-refractivity contribution >= 4 is 5.97 Å². The Morgan fingerprint density at radius 3 is 2.74 bits per heavy atom. The van der Waals surface area contributed by atoms with E-state index in [1.807, 2.05) is 13.0 Å². The lowest BCUT2D eigenvalue weighted by Gasteiger charge is -2.11. The molecule has 1 rings (SSSR count). The Morgan fingerprint density at radius 1 is 1.32 bits per heavy atom. The first kappa shape index (κ1) is 15.6. The van der Waals surface area contributed by atoms with Crippen LogP contribution >= 0.6 is 0 Å². The first-order chi connectivity index (χ1) is 9.15. The van der Waals surface area contributed by atoms with Crippen molar-refractivity contribution in [2.24, 2.45) is 0 Å². The molecule has 19 heavy (non-hydrogen) atoms. The molecule has 0 aliphatic heterocycles. The van der Waals surface area contributed by atoms with Crippen molar-refractivity contribution < 1.29 is 19.0 Å².